The lowest BCUT2D eigenvalue weighted by Crippen LogP contribution is -2.56. The Morgan fingerprint density at radius 2 is 2.19 bits per heavy atom. The number of Topliss-reactive ketones (excluding diaryl/α,β-unsaturated/α-hetero) is 1. The molecule has 4 aliphatic rings. The summed E-state index contributed by atoms with van der Waals surface area (Å²) in [5.41, 5.74) is 2.87. The minimum atomic E-state index is -0.366. The van der Waals surface area contributed by atoms with E-state index >= 15 is 0 Å². The van der Waals surface area contributed by atoms with Crippen molar-refractivity contribution in [1.82, 2.24) is 4.90 Å². The van der Waals surface area contributed by atoms with Crippen LogP contribution in [-0.2, 0) is 19.7 Å². The van der Waals surface area contributed by atoms with Crippen LogP contribution >= 0.6 is 0 Å². The van der Waals surface area contributed by atoms with Gasteiger partial charge in [0.1, 0.15) is 11.5 Å². The van der Waals surface area contributed by atoms with Crippen LogP contribution in [0.15, 0.2) is 29.5 Å². The van der Waals surface area contributed by atoms with E-state index in [1.54, 1.807) is 13.0 Å². The maximum atomic E-state index is 12.8. The fourth-order valence-electron chi connectivity index (χ4n) is 5.92. The van der Waals surface area contributed by atoms with Gasteiger partial charge in [0, 0.05) is 30.1 Å². The average molecular weight is 354 g/mol. The maximum Gasteiger partial charge on any atom is 0.335 e. The molecule has 26 heavy (non-hydrogen) atoms. The number of anilines is 1. The third-order valence-electron chi connectivity index (χ3n) is 6.98. The fourth-order valence-corrected chi connectivity index (χ4v) is 5.92. The summed E-state index contributed by atoms with van der Waals surface area (Å²) in [5, 5.41) is 13.8. The van der Waals surface area contributed by atoms with E-state index in [4.69, 9.17) is 4.74 Å². The van der Waals surface area contributed by atoms with Gasteiger partial charge in [-0.25, -0.2) is 4.79 Å². The monoisotopic (exact) mass is 354 g/mol. The van der Waals surface area contributed by atoms with E-state index in [0.717, 1.165) is 30.6 Å². The Hall–Kier alpha value is -2.34. The van der Waals surface area contributed by atoms with Crippen LogP contribution in [0.25, 0.3) is 0 Å². The van der Waals surface area contributed by atoms with Crippen LogP contribution < -0.4 is 5.32 Å². The molecule has 6 nitrogen and oxygen atoms in total. The Morgan fingerprint density at radius 3 is 2.92 bits per heavy atom. The van der Waals surface area contributed by atoms with E-state index in [1.165, 1.54) is 7.11 Å². The van der Waals surface area contributed by atoms with Gasteiger partial charge in [-0.2, -0.15) is 0 Å². The molecule has 0 radical (unpaired) electrons. The summed E-state index contributed by atoms with van der Waals surface area (Å²) in [6.07, 6.45) is 1.64. The quantitative estimate of drug-likeness (QED) is 0.623. The summed E-state index contributed by atoms with van der Waals surface area (Å²) in [5.74, 6) is -0.379. The van der Waals surface area contributed by atoms with E-state index in [-0.39, 0.29) is 40.8 Å². The van der Waals surface area contributed by atoms with Gasteiger partial charge in [-0.05, 0) is 37.9 Å². The molecule has 1 aromatic rings. The minimum Gasteiger partial charge on any atom is -0.506 e. The van der Waals surface area contributed by atoms with Crippen molar-refractivity contribution in [1.29, 1.82) is 0 Å². The van der Waals surface area contributed by atoms with Crippen molar-refractivity contribution in [3.63, 3.8) is 0 Å². The molecule has 2 N–H and O–H groups in total. The van der Waals surface area contributed by atoms with Crippen molar-refractivity contribution in [2.75, 3.05) is 25.5 Å². The van der Waals surface area contributed by atoms with Crippen LogP contribution in [0, 0.1) is 11.8 Å². The highest BCUT2D eigenvalue weighted by Crippen LogP contribution is 2.62. The molecule has 1 aromatic carbocycles. The van der Waals surface area contributed by atoms with Gasteiger partial charge in [0.2, 0.25) is 0 Å². The number of phenols is 1. The second kappa shape index (κ2) is 5.10. The number of piperidine rings is 1. The zero-order valence-electron chi connectivity index (χ0n) is 14.9. The van der Waals surface area contributed by atoms with Crippen LogP contribution in [-0.4, -0.2) is 48.0 Å². The fraction of sp³-hybridized carbons (Fsp3) is 0.500. The highest BCUT2D eigenvalue weighted by atomic mass is 16.5. The molecule has 0 aromatic heterocycles. The van der Waals surface area contributed by atoms with Crippen molar-refractivity contribution < 1.29 is 19.4 Å². The molecule has 136 valence electrons. The molecule has 5 rings (SSSR count). The summed E-state index contributed by atoms with van der Waals surface area (Å²) in [6, 6.07) is 5.81. The lowest BCUT2D eigenvalue weighted by atomic mass is 9.60. The van der Waals surface area contributed by atoms with Gasteiger partial charge < -0.3 is 15.2 Å². The number of ether oxygens (including phenoxy) is 1. The Morgan fingerprint density at radius 1 is 1.38 bits per heavy atom. The lowest BCUT2D eigenvalue weighted by molar-refractivity contribution is -0.138. The molecule has 3 heterocycles. The molecule has 0 saturated carbocycles. The van der Waals surface area contributed by atoms with Crippen molar-refractivity contribution in [3.05, 3.63) is 35.0 Å². The number of para-hydroxylation sites is 1. The van der Waals surface area contributed by atoms with Gasteiger partial charge in [0.05, 0.1) is 23.8 Å². The molecule has 2 saturated heterocycles. The zero-order chi connectivity index (χ0) is 18.2. The van der Waals surface area contributed by atoms with E-state index in [9.17, 15) is 14.7 Å². The average Bonchev–Trinajstić information content (AvgIpc) is 3.18. The molecule has 1 aliphatic carbocycles. The first-order valence-corrected chi connectivity index (χ1v) is 9.16. The number of hydrogen-bond donors (Lipinski definition) is 2. The summed E-state index contributed by atoms with van der Waals surface area (Å²) >= 11 is 0. The van der Waals surface area contributed by atoms with Crippen LogP contribution in [0.2, 0.25) is 0 Å². The molecule has 0 unspecified atom stereocenters. The predicted molar refractivity (Wildman–Crippen MR) is 94.7 cm³/mol. The number of esters is 1. The first-order chi connectivity index (χ1) is 12.5. The number of hydrogen-bond acceptors (Lipinski definition) is 6. The number of phenolic OH excluding ortho intramolecular Hbond substituents is 1. The molecule has 1 spiro atoms. The summed E-state index contributed by atoms with van der Waals surface area (Å²) in [7, 11) is 1.39. The maximum absolute atomic E-state index is 12.8. The molecule has 3 aliphatic heterocycles. The second-order valence-corrected chi connectivity index (χ2v) is 7.90. The van der Waals surface area contributed by atoms with Crippen LogP contribution in [0.3, 0.4) is 0 Å². The lowest BCUT2D eigenvalue weighted by Gasteiger charge is -2.50. The van der Waals surface area contributed by atoms with Gasteiger partial charge in [-0.15, -0.1) is 0 Å². The van der Waals surface area contributed by atoms with E-state index in [2.05, 4.69) is 10.2 Å². The number of ketones is 1. The predicted octanol–water partition coefficient (Wildman–Crippen LogP) is 1.80. The second-order valence-electron chi connectivity index (χ2n) is 7.90. The van der Waals surface area contributed by atoms with Crippen LogP contribution in [0.1, 0.15) is 25.3 Å². The van der Waals surface area contributed by atoms with E-state index in [1.807, 2.05) is 12.1 Å². The SMILES string of the molecule is COC(=O)C1=C2Nc3c(O)cccc3[C@@]23CCN2C[C@H](C(C)=O)[C@@H]1C[C@H]23. The standard InChI is InChI=1S/C20H22N2O4/c1-10(23)12-9-22-7-6-20-13-4-3-5-14(24)17(13)21-18(20)16(19(25)26-2)11(12)8-15(20)22/h3-5,11-12,15,21,24H,6-9H2,1-2H3/t11-,12+,15-,20+/m0/s1. The van der Waals surface area contributed by atoms with Gasteiger partial charge in [0.15, 0.2) is 0 Å². The van der Waals surface area contributed by atoms with Crippen LogP contribution in [0.5, 0.6) is 5.75 Å². The number of benzene rings is 1. The first-order valence-electron chi connectivity index (χ1n) is 9.16. The molecular weight excluding hydrogens is 332 g/mol. The molecule has 4 atom stereocenters. The van der Waals surface area contributed by atoms with Gasteiger partial charge in [-0.1, -0.05) is 12.1 Å². The molecule has 0 amide bonds. The number of aromatic hydroxyl groups is 1. The minimum absolute atomic E-state index is 0.119. The number of nitrogens with one attached hydrogen (secondary N) is 1. The number of rotatable bonds is 2. The highest BCUT2D eigenvalue weighted by Gasteiger charge is 2.63. The zero-order valence-corrected chi connectivity index (χ0v) is 14.9. The number of nitrogens with zero attached hydrogens (tertiary/aromatic N) is 1. The number of methoxy groups -OCH3 is 1. The van der Waals surface area contributed by atoms with Gasteiger partial charge in [-0.3, -0.25) is 9.69 Å². The number of fused-ring (bicyclic) bond motifs is 2. The van der Waals surface area contributed by atoms with Crippen LogP contribution in [0.4, 0.5) is 5.69 Å². The first kappa shape index (κ1) is 15.9. The number of carbonyl (C=O) groups is 2. The largest absolute Gasteiger partial charge is 0.506 e. The number of carbonyl (C=O) groups excluding carboxylic acids is 2. The topological polar surface area (TPSA) is 78.9 Å². The smallest absolute Gasteiger partial charge is 0.335 e. The molecular formula is C20H22N2O4. The summed E-state index contributed by atoms with van der Waals surface area (Å²) < 4.78 is 5.13. The molecule has 6 heteroatoms. The molecule has 2 bridgehead atoms. The van der Waals surface area contributed by atoms with Crippen molar-refractivity contribution >= 4 is 17.4 Å². The van der Waals surface area contributed by atoms with Gasteiger partial charge in [0.25, 0.3) is 0 Å². The summed E-state index contributed by atoms with van der Waals surface area (Å²) in [4.78, 5) is 27.5. The van der Waals surface area contributed by atoms with Crippen molar-refractivity contribution in [2.24, 2.45) is 11.8 Å². The van der Waals surface area contributed by atoms with E-state index in [0.29, 0.717) is 17.8 Å². The normalized spacial score (nSPS) is 34.2. The highest BCUT2D eigenvalue weighted by molar-refractivity contribution is 5.95. The Balaban J connectivity index is 1.80. The van der Waals surface area contributed by atoms with Gasteiger partial charge >= 0.3 is 5.97 Å². The van der Waals surface area contributed by atoms with E-state index < -0.39 is 0 Å². The third kappa shape index (κ3) is 1.70. The Labute approximate surface area is 151 Å². The Kier molecular flexibility index (Phi) is 3.11. The summed E-state index contributed by atoms with van der Waals surface area (Å²) in [6.45, 7) is 3.19. The van der Waals surface area contributed by atoms with Crippen molar-refractivity contribution in [2.45, 2.75) is 31.2 Å². The Bertz CT molecular complexity index is 877. The molecule has 2 fully saturated rings. The van der Waals surface area contributed by atoms with Crippen molar-refractivity contribution in [3.8, 4) is 5.75 Å². The third-order valence-corrected chi connectivity index (χ3v) is 6.98.